The minimum Gasteiger partial charge on any atom is -0.497 e. The van der Waals surface area contributed by atoms with Crippen molar-refractivity contribution in [2.45, 2.75) is 20.3 Å². The third kappa shape index (κ3) is 3.55. The number of ether oxygens (including phenoxy) is 2. The van der Waals surface area contributed by atoms with Gasteiger partial charge in [-0.15, -0.1) is 11.3 Å². The number of aryl methyl sites for hydroxylation is 2. The van der Waals surface area contributed by atoms with Gasteiger partial charge in [-0.3, -0.25) is 4.79 Å². The van der Waals surface area contributed by atoms with Crippen LogP contribution >= 0.6 is 11.3 Å². The van der Waals surface area contributed by atoms with Gasteiger partial charge in [-0.25, -0.2) is 0 Å². The van der Waals surface area contributed by atoms with Crippen LogP contribution in [0.2, 0.25) is 0 Å². The summed E-state index contributed by atoms with van der Waals surface area (Å²) in [4.78, 5) is 14.3. The molecule has 2 rings (SSSR count). The lowest BCUT2D eigenvalue weighted by Crippen LogP contribution is -2.10. The Labute approximate surface area is 128 Å². The molecular formula is C16H19NO3S. The Morgan fingerprint density at radius 1 is 1.14 bits per heavy atom. The lowest BCUT2D eigenvalue weighted by atomic mass is 10.2. The monoisotopic (exact) mass is 305 g/mol. The summed E-state index contributed by atoms with van der Waals surface area (Å²) in [5.41, 5.74) is 1.82. The molecule has 112 valence electrons. The smallest absolute Gasteiger partial charge is 0.265 e. The lowest BCUT2D eigenvalue weighted by molar-refractivity contribution is 0.103. The quantitative estimate of drug-likeness (QED) is 0.911. The van der Waals surface area contributed by atoms with Crippen molar-refractivity contribution in [1.29, 1.82) is 0 Å². The zero-order valence-corrected chi connectivity index (χ0v) is 13.5. The Balaban J connectivity index is 2.22. The molecule has 1 aromatic carbocycles. The predicted octanol–water partition coefficient (Wildman–Crippen LogP) is 3.89. The van der Waals surface area contributed by atoms with Gasteiger partial charge in [-0.05, 0) is 25.0 Å². The highest BCUT2D eigenvalue weighted by Crippen LogP contribution is 2.27. The molecule has 0 bridgehead atoms. The first kappa shape index (κ1) is 15.4. The van der Waals surface area contributed by atoms with Crippen LogP contribution in [0.3, 0.4) is 0 Å². The topological polar surface area (TPSA) is 47.6 Å². The molecule has 0 saturated carbocycles. The Hall–Kier alpha value is -2.01. The van der Waals surface area contributed by atoms with E-state index in [1.807, 2.05) is 13.0 Å². The van der Waals surface area contributed by atoms with Gasteiger partial charge < -0.3 is 14.8 Å². The van der Waals surface area contributed by atoms with Gasteiger partial charge in [0.1, 0.15) is 11.5 Å². The summed E-state index contributed by atoms with van der Waals surface area (Å²) < 4.78 is 10.4. The van der Waals surface area contributed by atoms with Gasteiger partial charge in [0, 0.05) is 28.8 Å². The van der Waals surface area contributed by atoms with Gasteiger partial charge in [0.15, 0.2) is 0 Å². The molecule has 0 radical (unpaired) electrons. The fourth-order valence-electron chi connectivity index (χ4n) is 2.06. The van der Waals surface area contributed by atoms with E-state index in [0.29, 0.717) is 22.1 Å². The number of amides is 1. The highest BCUT2D eigenvalue weighted by atomic mass is 32.1. The third-order valence-corrected chi connectivity index (χ3v) is 4.56. The second kappa shape index (κ2) is 6.63. The first-order chi connectivity index (χ1) is 10.1. The second-order valence-corrected chi connectivity index (χ2v) is 5.76. The van der Waals surface area contributed by atoms with Crippen molar-refractivity contribution in [3.05, 3.63) is 39.6 Å². The van der Waals surface area contributed by atoms with Gasteiger partial charge >= 0.3 is 0 Å². The lowest BCUT2D eigenvalue weighted by Gasteiger charge is -2.09. The number of carbonyl (C=O) groups is 1. The van der Waals surface area contributed by atoms with Crippen molar-refractivity contribution in [2.24, 2.45) is 0 Å². The number of hydrogen-bond donors (Lipinski definition) is 1. The van der Waals surface area contributed by atoms with Crippen molar-refractivity contribution in [3.63, 3.8) is 0 Å². The summed E-state index contributed by atoms with van der Waals surface area (Å²) in [6.07, 6.45) is 0.941. The van der Waals surface area contributed by atoms with Crippen LogP contribution in [-0.2, 0) is 6.42 Å². The van der Waals surface area contributed by atoms with E-state index in [4.69, 9.17) is 9.47 Å². The molecule has 0 spiro atoms. The van der Waals surface area contributed by atoms with E-state index >= 15 is 0 Å². The van der Waals surface area contributed by atoms with E-state index in [0.717, 1.165) is 12.0 Å². The first-order valence-corrected chi connectivity index (χ1v) is 7.52. The molecule has 0 aliphatic heterocycles. The Kier molecular flexibility index (Phi) is 4.85. The number of benzene rings is 1. The standard InChI is InChI=1S/C16H19NO3S/c1-5-14-10(2)6-15(21-14)16(18)17-11-7-12(19-3)9-13(8-11)20-4/h6-9H,5H2,1-4H3,(H,17,18). The maximum Gasteiger partial charge on any atom is 0.265 e. The molecule has 1 amide bonds. The van der Waals surface area contributed by atoms with Crippen LogP contribution in [0.4, 0.5) is 5.69 Å². The van der Waals surface area contributed by atoms with Crippen LogP contribution in [0.25, 0.3) is 0 Å². The minimum absolute atomic E-state index is 0.113. The number of methoxy groups -OCH3 is 2. The zero-order chi connectivity index (χ0) is 15.4. The molecule has 0 unspecified atom stereocenters. The molecule has 0 aliphatic carbocycles. The molecule has 1 heterocycles. The Morgan fingerprint density at radius 2 is 1.76 bits per heavy atom. The summed E-state index contributed by atoms with van der Waals surface area (Å²) in [5, 5.41) is 2.88. The van der Waals surface area contributed by atoms with Crippen LogP contribution in [0, 0.1) is 6.92 Å². The van der Waals surface area contributed by atoms with E-state index in [-0.39, 0.29) is 5.91 Å². The molecule has 1 aromatic heterocycles. The normalized spacial score (nSPS) is 10.3. The average Bonchev–Trinajstić information content (AvgIpc) is 2.88. The molecule has 4 nitrogen and oxygen atoms in total. The average molecular weight is 305 g/mol. The Morgan fingerprint density at radius 3 is 2.24 bits per heavy atom. The number of thiophene rings is 1. The van der Waals surface area contributed by atoms with E-state index < -0.39 is 0 Å². The number of hydrogen-bond acceptors (Lipinski definition) is 4. The molecular weight excluding hydrogens is 286 g/mol. The largest absolute Gasteiger partial charge is 0.497 e. The van der Waals surface area contributed by atoms with Gasteiger partial charge in [0.2, 0.25) is 0 Å². The van der Waals surface area contributed by atoms with Gasteiger partial charge in [0.25, 0.3) is 5.91 Å². The molecule has 21 heavy (non-hydrogen) atoms. The molecule has 5 heteroatoms. The highest BCUT2D eigenvalue weighted by Gasteiger charge is 2.13. The maximum absolute atomic E-state index is 12.3. The predicted molar refractivity (Wildman–Crippen MR) is 85.9 cm³/mol. The molecule has 2 aromatic rings. The van der Waals surface area contributed by atoms with Crippen LogP contribution in [-0.4, -0.2) is 20.1 Å². The van der Waals surface area contributed by atoms with Crippen molar-refractivity contribution in [1.82, 2.24) is 0 Å². The van der Waals surface area contributed by atoms with Gasteiger partial charge in [-0.2, -0.15) is 0 Å². The highest BCUT2D eigenvalue weighted by molar-refractivity contribution is 7.14. The van der Waals surface area contributed by atoms with E-state index in [1.54, 1.807) is 32.4 Å². The van der Waals surface area contributed by atoms with Gasteiger partial charge in [-0.1, -0.05) is 6.92 Å². The minimum atomic E-state index is -0.113. The first-order valence-electron chi connectivity index (χ1n) is 6.71. The zero-order valence-electron chi connectivity index (χ0n) is 12.6. The Bertz CT molecular complexity index is 627. The summed E-state index contributed by atoms with van der Waals surface area (Å²) in [6, 6.07) is 7.22. The summed E-state index contributed by atoms with van der Waals surface area (Å²) in [6.45, 7) is 4.12. The van der Waals surface area contributed by atoms with E-state index in [2.05, 4.69) is 12.2 Å². The van der Waals surface area contributed by atoms with Crippen LogP contribution in [0.15, 0.2) is 24.3 Å². The molecule has 0 atom stereocenters. The van der Waals surface area contributed by atoms with Crippen molar-refractivity contribution in [3.8, 4) is 11.5 Å². The summed E-state index contributed by atoms with van der Waals surface area (Å²) in [7, 11) is 3.16. The van der Waals surface area contributed by atoms with Crippen LogP contribution in [0.1, 0.15) is 27.0 Å². The van der Waals surface area contributed by atoms with Gasteiger partial charge in [0.05, 0.1) is 19.1 Å². The summed E-state index contributed by atoms with van der Waals surface area (Å²) in [5.74, 6) is 1.17. The number of carbonyl (C=O) groups excluding carboxylic acids is 1. The fourth-order valence-corrected chi connectivity index (χ4v) is 3.06. The summed E-state index contributed by atoms with van der Waals surface area (Å²) >= 11 is 1.53. The van der Waals surface area contributed by atoms with E-state index in [9.17, 15) is 4.79 Å². The van der Waals surface area contributed by atoms with Crippen molar-refractivity contribution in [2.75, 3.05) is 19.5 Å². The maximum atomic E-state index is 12.3. The molecule has 1 N–H and O–H groups in total. The van der Waals surface area contributed by atoms with Crippen LogP contribution in [0.5, 0.6) is 11.5 Å². The number of anilines is 1. The SMILES string of the molecule is CCc1sc(C(=O)Nc2cc(OC)cc(OC)c2)cc1C. The molecule has 0 fully saturated rings. The fraction of sp³-hybridized carbons (Fsp3) is 0.312. The molecule has 0 aliphatic rings. The second-order valence-electron chi connectivity index (χ2n) is 4.63. The van der Waals surface area contributed by atoms with Crippen molar-refractivity contribution >= 4 is 22.9 Å². The molecule has 0 saturated heterocycles. The number of rotatable bonds is 5. The van der Waals surface area contributed by atoms with Crippen molar-refractivity contribution < 1.29 is 14.3 Å². The van der Waals surface area contributed by atoms with Crippen LogP contribution < -0.4 is 14.8 Å². The van der Waals surface area contributed by atoms with E-state index in [1.165, 1.54) is 16.2 Å². The number of nitrogens with one attached hydrogen (secondary N) is 1. The third-order valence-electron chi connectivity index (χ3n) is 3.17.